The second-order valence-electron chi connectivity index (χ2n) is 3.84. The Kier molecular flexibility index (Phi) is 4.45. The van der Waals surface area contributed by atoms with Gasteiger partial charge >= 0.3 is 5.97 Å². The maximum absolute atomic E-state index is 13.2. The molecule has 1 aromatic rings. The van der Waals surface area contributed by atoms with E-state index in [1.807, 2.05) is 0 Å². The van der Waals surface area contributed by atoms with Crippen molar-refractivity contribution in [3.8, 4) is 5.75 Å². The van der Waals surface area contributed by atoms with Crippen LogP contribution in [0.3, 0.4) is 0 Å². The zero-order valence-corrected chi connectivity index (χ0v) is 9.81. The molecule has 0 amide bonds. The number of halogens is 1. The minimum absolute atomic E-state index is 0.110. The molecule has 0 spiro atoms. The summed E-state index contributed by atoms with van der Waals surface area (Å²) >= 11 is 0. The van der Waals surface area contributed by atoms with Crippen LogP contribution in [0.25, 0.3) is 0 Å². The van der Waals surface area contributed by atoms with Crippen molar-refractivity contribution in [3.63, 3.8) is 0 Å². The molecule has 17 heavy (non-hydrogen) atoms. The largest absolute Gasteiger partial charge is 0.496 e. The summed E-state index contributed by atoms with van der Waals surface area (Å²) in [6, 6.07) is 3.80. The van der Waals surface area contributed by atoms with Crippen LogP contribution in [0.5, 0.6) is 5.75 Å². The van der Waals surface area contributed by atoms with E-state index in [2.05, 4.69) is 0 Å². The molecule has 0 aliphatic carbocycles. The number of alkyl halides is 1. The molecule has 0 aliphatic heterocycles. The van der Waals surface area contributed by atoms with Crippen LogP contribution in [-0.4, -0.2) is 24.2 Å². The van der Waals surface area contributed by atoms with Crippen LogP contribution < -0.4 is 10.5 Å². The fourth-order valence-corrected chi connectivity index (χ4v) is 1.53. The molecule has 1 aromatic carbocycles. The third kappa shape index (κ3) is 3.42. The van der Waals surface area contributed by atoms with Gasteiger partial charge in [0.1, 0.15) is 18.0 Å². The molecule has 0 saturated carbocycles. The first kappa shape index (κ1) is 13.4. The Balaban J connectivity index is 3.01. The van der Waals surface area contributed by atoms with Crippen LogP contribution in [-0.2, 0) is 11.2 Å². The molecule has 0 aromatic heterocycles. The Morgan fingerprint density at radius 1 is 1.59 bits per heavy atom. The molecule has 0 aliphatic rings. The van der Waals surface area contributed by atoms with Gasteiger partial charge < -0.3 is 15.6 Å². The number of carboxylic acids is 1. The Morgan fingerprint density at radius 2 is 2.24 bits per heavy atom. The first-order valence-corrected chi connectivity index (χ1v) is 5.25. The van der Waals surface area contributed by atoms with Crippen LogP contribution in [0.2, 0.25) is 0 Å². The van der Waals surface area contributed by atoms with Crippen molar-refractivity contribution in [2.75, 3.05) is 7.11 Å². The SMILES string of the molecule is COc1ccc(C(C)F)cc1CC(N)C(=O)O. The van der Waals surface area contributed by atoms with Crippen LogP contribution >= 0.6 is 0 Å². The third-order valence-corrected chi connectivity index (χ3v) is 2.52. The monoisotopic (exact) mass is 241 g/mol. The third-order valence-electron chi connectivity index (χ3n) is 2.52. The van der Waals surface area contributed by atoms with Gasteiger partial charge in [-0.2, -0.15) is 0 Å². The van der Waals surface area contributed by atoms with Gasteiger partial charge in [-0.05, 0) is 30.2 Å². The lowest BCUT2D eigenvalue weighted by Crippen LogP contribution is -2.32. The van der Waals surface area contributed by atoms with Gasteiger partial charge in [0.05, 0.1) is 7.11 Å². The topological polar surface area (TPSA) is 72.5 Å². The van der Waals surface area contributed by atoms with E-state index in [0.29, 0.717) is 16.9 Å². The molecule has 2 unspecified atom stereocenters. The number of carbonyl (C=O) groups is 1. The summed E-state index contributed by atoms with van der Waals surface area (Å²) in [6.07, 6.45) is -1.00. The van der Waals surface area contributed by atoms with Gasteiger partial charge in [-0.15, -0.1) is 0 Å². The summed E-state index contributed by atoms with van der Waals surface area (Å²) in [6.45, 7) is 1.42. The highest BCUT2D eigenvalue weighted by Gasteiger charge is 2.16. The molecule has 0 heterocycles. The van der Waals surface area contributed by atoms with E-state index in [-0.39, 0.29) is 6.42 Å². The number of benzene rings is 1. The number of aliphatic carboxylic acids is 1. The number of ether oxygens (including phenoxy) is 1. The standard InChI is InChI=1S/C12H16FNO3/c1-7(13)8-3-4-11(17-2)9(5-8)6-10(14)12(15)16/h3-5,7,10H,6,14H2,1-2H3,(H,15,16). The average Bonchev–Trinajstić information content (AvgIpc) is 2.28. The maximum Gasteiger partial charge on any atom is 0.320 e. The highest BCUT2D eigenvalue weighted by molar-refractivity contribution is 5.73. The quantitative estimate of drug-likeness (QED) is 0.822. The minimum atomic E-state index is -1.11. The van der Waals surface area contributed by atoms with E-state index in [1.54, 1.807) is 18.2 Å². The first-order valence-electron chi connectivity index (χ1n) is 5.25. The fourth-order valence-electron chi connectivity index (χ4n) is 1.53. The van der Waals surface area contributed by atoms with Gasteiger partial charge in [-0.3, -0.25) is 4.79 Å². The van der Waals surface area contributed by atoms with Crippen molar-refractivity contribution in [1.82, 2.24) is 0 Å². The van der Waals surface area contributed by atoms with Crippen LogP contribution in [0, 0.1) is 0 Å². The molecule has 0 fully saturated rings. The number of hydrogen-bond acceptors (Lipinski definition) is 3. The lowest BCUT2D eigenvalue weighted by atomic mass is 10.0. The number of rotatable bonds is 5. The predicted molar refractivity (Wildman–Crippen MR) is 61.8 cm³/mol. The Hall–Kier alpha value is -1.62. The number of hydrogen-bond donors (Lipinski definition) is 2. The van der Waals surface area contributed by atoms with Crippen molar-refractivity contribution in [2.24, 2.45) is 5.73 Å². The van der Waals surface area contributed by atoms with Crippen molar-refractivity contribution >= 4 is 5.97 Å². The summed E-state index contributed by atoms with van der Waals surface area (Å²) in [5, 5.41) is 8.75. The van der Waals surface area contributed by atoms with Gasteiger partial charge in [-0.1, -0.05) is 6.07 Å². The van der Waals surface area contributed by atoms with Crippen LogP contribution in [0.15, 0.2) is 18.2 Å². The van der Waals surface area contributed by atoms with Gasteiger partial charge in [0.15, 0.2) is 0 Å². The molecule has 5 heteroatoms. The van der Waals surface area contributed by atoms with Crippen molar-refractivity contribution in [2.45, 2.75) is 25.6 Å². The molecule has 0 radical (unpaired) electrons. The first-order chi connectivity index (χ1) is 7.95. The molecule has 0 bridgehead atoms. The number of methoxy groups -OCH3 is 1. The highest BCUT2D eigenvalue weighted by Crippen LogP contribution is 2.25. The zero-order valence-electron chi connectivity index (χ0n) is 9.81. The van der Waals surface area contributed by atoms with E-state index in [9.17, 15) is 9.18 Å². The molecule has 1 rings (SSSR count). The number of nitrogens with two attached hydrogens (primary N) is 1. The summed E-state index contributed by atoms with van der Waals surface area (Å²) < 4.78 is 18.2. The smallest absolute Gasteiger partial charge is 0.320 e. The van der Waals surface area contributed by atoms with E-state index in [1.165, 1.54) is 14.0 Å². The molecule has 0 saturated heterocycles. The second kappa shape index (κ2) is 5.63. The summed E-state index contributed by atoms with van der Waals surface area (Å²) in [5.41, 5.74) is 6.54. The second-order valence-corrected chi connectivity index (χ2v) is 3.84. The summed E-state index contributed by atoms with van der Waals surface area (Å²) in [4.78, 5) is 10.7. The predicted octanol–water partition coefficient (Wildman–Crippen LogP) is 1.68. The normalized spacial score (nSPS) is 14.1. The average molecular weight is 241 g/mol. The summed E-state index contributed by atoms with van der Waals surface area (Å²) in [5.74, 6) is -0.572. The Labute approximate surface area is 99.2 Å². The maximum atomic E-state index is 13.2. The van der Waals surface area contributed by atoms with E-state index in [0.717, 1.165) is 0 Å². The van der Waals surface area contributed by atoms with Crippen molar-refractivity contribution < 1.29 is 19.0 Å². The van der Waals surface area contributed by atoms with Crippen molar-refractivity contribution in [3.05, 3.63) is 29.3 Å². The molecule has 94 valence electrons. The lowest BCUT2D eigenvalue weighted by molar-refractivity contribution is -0.138. The Bertz CT molecular complexity index is 407. The van der Waals surface area contributed by atoms with Crippen LogP contribution in [0.1, 0.15) is 24.2 Å². The van der Waals surface area contributed by atoms with Crippen LogP contribution in [0.4, 0.5) is 4.39 Å². The molecule has 2 atom stereocenters. The zero-order chi connectivity index (χ0) is 13.0. The molecule has 4 nitrogen and oxygen atoms in total. The van der Waals surface area contributed by atoms with Gasteiger partial charge in [0.25, 0.3) is 0 Å². The molecular formula is C12H16FNO3. The molecule has 3 N–H and O–H groups in total. The van der Waals surface area contributed by atoms with Crippen molar-refractivity contribution in [1.29, 1.82) is 0 Å². The van der Waals surface area contributed by atoms with Gasteiger partial charge in [-0.25, -0.2) is 4.39 Å². The summed E-state index contributed by atoms with van der Waals surface area (Å²) in [7, 11) is 1.48. The highest BCUT2D eigenvalue weighted by atomic mass is 19.1. The molecular weight excluding hydrogens is 225 g/mol. The minimum Gasteiger partial charge on any atom is -0.496 e. The van der Waals surface area contributed by atoms with E-state index < -0.39 is 18.2 Å². The van der Waals surface area contributed by atoms with Gasteiger partial charge in [0, 0.05) is 6.42 Å². The fraction of sp³-hybridized carbons (Fsp3) is 0.417. The lowest BCUT2D eigenvalue weighted by Gasteiger charge is -2.13. The Morgan fingerprint density at radius 3 is 2.71 bits per heavy atom. The van der Waals surface area contributed by atoms with E-state index in [4.69, 9.17) is 15.6 Å². The number of carboxylic acid groups (broad SMARTS) is 1. The van der Waals surface area contributed by atoms with E-state index >= 15 is 0 Å². The van der Waals surface area contributed by atoms with Gasteiger partial charge in [0.2, 0.25) is 0 Å².